The topological polar surface area (TPSA) is 32.8 Å². The zero-order valence-corrected chi connectivity index (χ0v) is 39.0. The number of hydrogen-bond donors (Lipinski definition) is 0. The number of hydrogen-bond acceptors (Lipinski definition) is 4. The fourth-order valence-corrected chi connectivity index (χ4v) is 11.6. The largest absolute Gasteiger partial charge is 0.456 e. The summed E-state index contributed by atoms with van der Waals surface area (Å²) < 4.78 is 14.0. The van der Waals surface area contributed by atoms with Crippen molar-refractivity contribution >= 4 is 121 Å². The van der Waals surface area contributed by atoms with Gasteiger partial charge in [0.05, 0.1) is 22.7 Å². The van der Waals surface area contributed by atoms with Gasteiger partial charge < -0.3 is 18.6 Å². The molecule has 0 aliphatic rings. The van der Waals surface area contributed by atoms with E-state index in [-0.39, 0.29) is 0 Å². The first-order valence-corrected chi connectivity index (χ1v) is 23.6. The predicted octanol–water partition coefficient (Wildman–Crippen LogP) is 18.9. The lowest BCUT2D eigenvalue weighted by Crippen LogP contribution is -2.13. The van der Waals surface area contributed by atoms with E-state index >= 15 is 0 Å². The van der Waals surface area contributed by atoms with Crippen molar-refractivity contribution in [3.63, 3.8) is 0 Å². The van der Waals surface area contributed by atoms with Crippen LogP contribution in [0.1, 0.15) is 33.4 Å². The molecule has 2 heterocycles. The molecular formula is C64H48N2O2. The lowest BCUT2D eigenvalue weighted by Gasteiger charge is -2.30. The molecule has 0 fully saturated rings. The highest BCUT2D eigenvalue weighted by Gasteiger charge is 2.26. The number of fused-ring (bicyclic) bond motifs is 12. The van der Waals surface area contributed by atoms with Crippen molar-refractivity contribution in [1.29, 1.82) is 0 Å². The Kier molecular flexibility index (Phi) is 8.88. The van der Waals surface area contributed by atoms with Crippen molar-refractivity contribution in [2.24, 2.45) is 0 Å². The Bertz CT molecular complexity index is 3930. The first kappa shape index (κ1) is 40.0. The minimum absolute atomic E-state index is 0.794. The number of furan rings is 2. The summed E-state index contributed by atoms with van der Waals surface area (Å²) >= 11 is 0. The molecule has 0 N–H and O–H groups in total. The van der Waals surface area contributed by atoms with E-state index in [1.807, 2.05) is 0 Å². The van der Waals surface area contributed by atoms with Crippen LogP contribution in [-0.2, 0) is 0 Å². The van der Waals surface area contributed by atoms with Crippen molar-refractivity contribution in [3.05, 3.63) is 215 Å². The fourth-order valence-electron chi connectivity index (χ4n) is 11.6. The number of aryl methyl sites for hydroxylation is 6. The third-order valence-corrected chi connectivity index (χ3v) is 14.2. The number of rotatable bonds is 6. The molecule has 4 nitrogen and oxygen atoms in total. The van der Waals surface area contributed by atoms with Crippen LogP contribution in [0, 0.1) is 41.5 Å². The average Bonchev–Trinajstić information content (AvgIpc) is 3.89. The summed E-state index contributed by atoms with van der Waals surface area (Å²) in [5.74, 6) is 0. The van der Waals surface area contributed by atoms with Crippen molar-refractivity contribution in [3.8, 4) is 0 Å². The Morgan fingerprint density at radius 1 is 0.294 bits per heavy atom. The standard InChI is InChI=1S/C64H48N2O2/c1-37-27-39(3)63(40(4)28-37)65(47-25-23-43-15-7-9-17-45(43)31-47)55-34-59-61(51-21-13-11-19-49(51)55)53-33-54-58(36-57(53)67-59)68-60-35-56(50-20-12-14-22-52(50)62(54)60)66(64-41(5)29-38(2)30-42(64)6)48-26-24-44-16-8-10-18-46(44)32-48/h7-36H,1-6H3. The minimum Gasteiger partial charge on any atom is -0.456 e. The SMILES string of the molecule is Cc1cc(C)c(N(c2ccc3ccccc3c2)c2cc3oc4cc5oc6cc(N(c7ccc8ccccc8c7)c7c(C)cc(C)cc7C)c7ccccc7c6c5cc4c3c3ccccc23)c(C)c1. The van der Waals surface area contributed by atoms with Gasteiger partial charge in [0.2, 0.25) is 0 Å². The molecule has 326 valence electrons. The molecule has 11 aromatic carbocycles. The van der Waals surface area contributed by atoms with Gasteiger partial charge in [0.1, 0.15) is 22.3 Å². The number of anilines is 6. The van der Waals surface area contributed by atoms with Crippen LogP contribution in [0.5, 0.6) is 0 Å². The van der Waals surface area contributed by atoms with Gasteiger partial charge in [-0.3, -0.25) is 0 Å². The molecule has 0 amide bonds. The molecule has 0 aliphatic heterocycles. The van der Waals surface area contributed by atoms with Crippen LogP contribution in [0.15, 0.2) is 191 Å². The van der Waals surface area contributed by atoms with Gasteiger partial charge in [0, 0.05) is 61.9 Å². The van der Waals surface area contributed by atoms with E-state index in [0.29, 0.717) is 0 Å². The highest BCUT2D eigenvalue weighted by molar-refractivity contribution is 6.28. The second kappa shape index (κ2) is 15.1. The van der Waals surface area contributed by atoms with Crippen molar-refractivity contribution in [2.75, 3.05) is 9.80 Å². The van der Waals surface area contributed by atoms with Crippen molar-refractivity contribution in [1.82, 2.24) is 0 Å². The molecular weight excluding hydrogens is 829 g/mol. The first-order chi connectivity index (χ1) is 33.2. The van der Waals surface area contributed by atoms with Crippen molar-refractivity contribution < 1.29 is 8.83 Å². The van der Waals surface area contributed by atoms with Crippen LogP contribution >= 0.6 is 0 Å². The van der Waals surface area contributed by atoms with Crippen LogP contribution in [0.2, 0.25) is 0 Å². The molecule has 0 bridgehead atoms. The Balaban J connectivity index is 1.05. The van der Waals surface area contributed by atoms with Gasteiger partial charge in [-0.05, 0) is 126 Å². The summed E-state index contributed by atoms with van der Waals surface area (Å²) in [5, 5.41) is 13.7. The molecule has 68 heavy (non-hydrogen) atoms. The molecule has 0 aliphatic carbocycles. The van der Waals surface area contributed by atoms with E-state index in [9.17, 15) is 0 Å². The number of nitrogens with zero attached hydrogens (tertiary/aromatic N) is 2. The van der Waals surface area contributed by atoms with Gasteiger partial charge in [-0.25, -0.2) is 0 Å². The second-order valence-corrected chi connectivity index (χ2v) is 18.9. The van der Waals surface area contributed by atoms with Gasteiger partial charge in [-0.2, -0.15) is 0 Å². The molecule has 0 atom stereocenters. The van der Waals surface area contributed by atoms with Crippen LogP contribution in [0.25, 0.3) is 87.0 Å². The van der Waals surface area contributed by atoms with E-state index in [1.54, 1.807) is 0 Å². The molecule has 0 saturated heterocycles. The quantitative estimate of drug-likeness (QED) is 0.167. The molecule has 0 saturated carbocycles. The minimum atomic E-state index is 0.794. The van der Waals surface area contributed by atoms with Crippen molar-refractivity contribution in [2.45, 2.75) is 41.5 Å². The van der Waals surface area contributed by atoms with E-state index in [1.165, 1.54) is 66.3 Å². The predicted molar refractivity (Wildman–Crippen MR) is 289 cm³/mol. The van der Waals surface area contributed by atoms with Crippen LogP contribution in [0.4, 0.5) is 34.1 Å². The van der Waals surface area contributed by atoms with Crippen LogP contribution in [0.3, 0.4) is 0 Å². The maximum Gasteiger partial charge on any atom is 0.139 e. The zero-order valence-electron chi connectivity index (χ0n) is 39.0. The number of benzene rings is 11. The summed E-state index contributed by atoms with van der Waals surface area (Å²) in [4.78, 5) is 4.88. The smallest absolute Gasteiger partial charge is 0.139 e. The molecule has 13 aromatic rings. The lowest BCUT2D eigenvalue weighted by atomic mass is 9.96. The lowest BCUT2D eigenvalue weighted by molar-refractivity contribution is 0.656. The molecule has 2 aromatic heterocycles. The summed E-state index contributed by atoms with van der Waals surface area (Å²) in [6, 6.07) is 66.5. The maximum atomic E-state index is 7.02. The zero-order chi connectivity index (χ0) is 45.9. The van der Waals surface area contributed by atoms with E-state index in [0.717, 1.165) is 88.2 Å². The van der Waals surface area contributed by atoms with Crippen LogP contribution in [-0.4, -0.2) is 0 Å². The third kappa shape index (κ3) is 6.14. The summed E-state index contributed by atoms with van der Waals surface area (Å²) in [5.41, 5.74) is 17.3. The second-order valence-electron chi connectivity index (χ2n) is 18.9. The van der Waals surface area contributed by atoms with E-state index in [4.69, 9.17) is 8.83 Å². The van der Waals surface area contributed by atoms with Crippen LogP contribution < -0.4 is 9.80 Å². The third-order valence-electron chi connectivity index (χ3n) is 14.2. The molecule has 0 radical (unpaired) electrons. The molecule has 4 heteroatoms. The Hall–Kier alpha value is -8.34. The molecule has 0 spiro atoms. The average molecular weight is 877 g/mol. The van der Waals surface area contributed by atoms with Gasteiger partial charge >= 0.3 is 0 Å². The van der Waals surface area contributed by atoms with Gasteiger partial charge in [-0.15, -0.1) is 0 Å². The summed E-state index contributed by atoms with van der Waals surface area (Å²) in [7, 11) is 0. The highest BCUT2D eigenvalue weighted by Crippen LogP contribution is 2.50. The first-order valence-electron chi connectivity index (χ1n) is 23.6. The highest BCUT2D eigenvalue weighted by atomic mass is 16.3. The van der Waals surface area contributed by atoms with Gasteiger partial charge in [-0.1, -0.05) is 145 Å². The monoisotopic (exact) mass is 876 g/mol. The molecule has 0 unspecified atom stereocenters. The maximum absolute atomic E-state index is 7.02. The van der Waals surface area contributed by atoms with E-state index in [2.05, 4.69) is 233 Å². The van der Waals surface area contributed by atoms with Gasteiger partial charge in [0.25, 0.3) is 0 Å². The Morgan fingerprint density at radius 2 is 0.662 bits per heavy atom. The van der Waals surface area contributed by atoms with E-state index < -0.39 is 0 Å². The Labute approximate surface area is 394 Å². The summed E-state index contributed by atoms with van der Waals surface area (Å²) in [6.45, 7) is 13.3. The normalized spacial score (nSPS) is 12.0. The molecule has 13 rings (SSSR count). The van der Waals surface area contributed by atoms with Gasteiger partial charge in [0.15, 0.2) is 0 Å². The fraction of sp³-hybridized carbons (Fsp3) is 0.0938. The Morgan fingerprint density at radius 3 is 1.07 bits per heavy atom. The summed E-state index contributed by atoms with van der Waals surface area (Å²) in [6.07, 6.45) is 0.